The summed E-state index contributed by atoms with van der Waals surface area (Å²) >= 11 is 3.01. The van der Waals surface area contributed by atoms with Crippen molar-refractivity contribution in [3.63, 3.8) is 0 Å². The van der Waals surface area contributed by atoms with Crippen LogP contribution in [0.5, 0.6) is 0 Å². The van der Waals surface area contributed by atoms with E-state index in [-0.39, 0.29) is 0 Å². The summed E-state index contributed by atoms with van der Waals surface area (Å²) in [6, 6.07) is 15.2. The van der Waals surface area contributed by atoms with E-state index in [0.29, 0.717) is 37.0 Å². The van der Waals surface area contributed by atoms with Gasteiger partial charge in [0.05, 0.1) is 18.1 Å². The van der Waals surface area contributed by atoms with Crippen molar-refractivity contribution >= 4 is 43.9 Å². The SMILES string of the molecule is Cc1ccc(Nc2nnc(SCc3cccc(S(=O)(=O)N4CCOCC4)c3)s2)cc1. The molecule has 2 aromatic carbocycles. The third-order valence-electron chi connectivity index (χ3n) is 4.58. The molecule has 1 aliphatic rings. The zero-order chi connectivity index (χ0) is 21.0. The van der Waals surface area contributed by atoms with E-state index in [9.17, 15) is 8.42 Å². The molecule has 0 saturated carbocycles. The third-order valence-corrected chi connectivity index (χ3v) is 8.52. The highest BCUT2D eigenvalue weighted by Crippen LogP contribution is 2.30. The second-order valence-corrected chi connectivity index (χ2v) is 11.0. The Morgan fingerprint density at radius 3 is 2.67 bits per heavy atom. The normalized spacial score (nSPS) is 15.2. The number of hydrogen-bond acceptors (Lipinski definition) is 8. The smallest absolute Gasteiger partial charge is 0.243 e. The first-order valence-corrected chi connectivity index (χ1v) is 12.7. The minimum absolute atomic E-state index is 0.321. The Balaban J connectivity index is 1.39. The summed E-state index contributed by atoms with van der Waals surface area (Å²) in [6.07, 6.45) is 0. The molecule has 3 aromatic rings. The number of benzene rings is 2. The number of nitrogens with zero attached hydrogens (tertiary/aromatic N) is 3. The number of hydrogen-bond donors (Lipinski definition) is 1. The molecule has 0 aliphatic carbocycles. The van der Waals surface area contributed by atoms with Gasteiger partial charge >= 0.3 is 0 Å². The molecule has 7 nitrogen and oxygen atoms in total. The van der Waals surface area contributed by atoms with E-state index < -0.39 is 10.0 Å². The molecule has 30 heavy (non-hydrogen) atoms. The summed E-state index contributed by atoms with van der Waals surface area (Å²) in [5.74, 6) is 0.617. The summed E-state index contributed by atoms with van der Waals surface area (Å²) in [7, 11) is -3.49. The van der Waals surface area contributed by atoms with E-state index in [0.717, 1.165) is 20.7 Å². The van der Waals surface area contributed by atoms with Gasteiger partial charge in [0.15, 0.2) is 4.34 Å². The number of sulfonamides is 1. The van der Waals surface area contributed by atoms with E-state index in [1.807, 2.05) is 37.3 Å². The van der Waals surface area contributed by atoms with Crippen LogP contribution in [0.15, 0.2) is 57.8 Å². The highest BCUT2D eigenvalue weighted by Gasteiger charge is 2.26. The standard InChI is InChI=1S/C20H22N4O3S3/c1-15-5-7-17(8-6-15)21-19-22-23-20(29-19)28-14-16-3-2-4-18(13-16)30(25,26)24-9-11-27-12-10-24/h2-8,13H,9-12,14H2,1H3,(H,21,22). The quantitative estimate of drug-likeness (QED) is 0.533. The molecule has 10 heteroatoms. The Bertz CT molecular complexity index is 1090. The molecular weight excluding hydrogens is 440 g/mol. The average Bonchev–Trinajstić information content (AvgIpc) is 3.22. The van der Waals surface area contributed by atoms with E-state index in [1.54, 1.807) is 18.2 Å². The Hall–Kier alpha value is -1.98. The number of anilines is 2. The van der Waals surface area contributed by atoms with Gasteiger partial charge in [0.1, 0.15) is 0 Å². The van der Waals surface area contributed by atoms with E-state index in [4.69, 9.17) is 4.74 Å². The van der Waals surface area contributed by atoms with E-state index in [2.05, 4.69) is 15.5 Å². The predicted molar refractivity (Wildman–Crippen MR) is 120 cm³/mol. The van der Waals surface area contributed by atoms with Gasteiger partial charge in [-0.05, 0) is 36.8 Å². The molecule has 0 amide bonds. The minimum Gasteiger partial charge on any atom is -0.379 e. The Morgan fingerprint density at radius 1 is 1.13 bits per heavy atom. The van der Waals surface area contributed by atoms with Crippen molar-refractivity contribution in [2.45, 2.75) is 21.9 Å². The second-order valence-electron chi connectivity index (χ2n) is 6.82. The molecule has 1 fully saturated rings. The van der Waals surface area contributed by atoms with E-state index in [1.165, 1.54) is 33.0 Å². The van der Waals surface area contributed by atoms with Crippen LogP contribution in [-0.2, 0) is 20.5 Å². The Labute approximate surface area is 184 Å². The zero-order valence-corrected chi connectivity index (χ0v) is 18.9. The molecule has 4 rings (SSSR count). The summed E-state index contributed by atoms with van der Waals surface area (Å²) in [4.78, 5) is 0.321. The first kappa shape index (κ1) is 21.3. The van der Waals surface area contributed by atoms with Crippen LogP contribution in [0, 0.1) is 6.92 Å². The molecule has 1 N–H and O–H groups in total. The third kappa shape index (κ3) is 5.19. The monoisotopic (exact) mass is 462 g/mol. The van der Waals surface area contributed by atoms with Crippen LogP contribution >= 0.6 is 23.1 Å². The summed E-state index contributed by atoms with van der Waals surface area (Å²) in [6.45, 7) is 3.70. The van der Waals surface area contributed by atoms with Crippen LogP contribution in [0.25, 0.3) is 0 Å². The van der Waals surface area contributed by atoms with E-state index >= 15 is 0 Å². The fourth-order valence-electron chi connectivity index (χ4n) is 2.96. The van der Waals surface area contributed by atoms with Crippen LogP contribution in [0.1, 0.15) is 11.1 Å². The maximum absolute atomic E-state index is 12.8. The summed E-state index contributed by atoms with van der Waals surface area (Å²) in [5.41, 5.74) is 3.10. The number of rotatable bonds is 7. The predicted octanol–water partition coefficient (Wildman–Crippen LogP) is 3.90. The van der Waals surface area contributed by atoms with Crippen molar-refractivity contribution in [3.8, 4) is 0 Å². The van der Waals surface area contributed by atoms with Gasteiger partial charge in [-0.3, -0.25) is 0 Å². The lowest BCUT2D eigenvalue weighted by Crippen LogP contribution is -2.40. The molecule has 0 unspecified atom stereocenters. The van der Waals surface area contributed by atoms with Gasteiger partial charge in [-0.2, -0.15) is 4.31 Å². The molecule has 0 radical (unpaired) electrons. The zero-order valence-electron chi connectivity index (χ0n) is 16.4. The molecule has 0 atom stereocenters. The lowest BCUT2D eigenvalue weighted by Gasteiger charge is -2.26. The molecule has 2 heterocycles. The van der Waals surface area contributed by atoms with Crippen molar-refractivity contribution < 1.29 is 13.2 Å². The molecule has 1 aliphatic heterocycles. The maximum atomic E-state index is 12.8. The Kier molecular flexibility index (Phi) is 6.69. The molecule has 0 spiro atoms. The lowest BCUT2D eigenvalue weighted by atomic mass is 10.2. The summed E-state index contributed by atoms with van der Waals surface area (Å²) in [5, 5.41) is 12.4. The fraction of sp³-hybridized carbons (Fsp3) is 0.300. The average molecular weight is 463 g/mol. The summed E-state index contributed by atoms with van der Waals surface area (Å²) < 4.78 is 33.3. The van der Waals surface area contributed by atoms with Crippen LogP contribution in [0.3, 0.4) is 0 Å². The van der Waals surface area contributed by atoms with Crippen LogP contribution in [0.2, 0.25) is 0 Å². The van der Waals surface area contributed by atoms with Crippen molar-refractivity contribution in [3.05, 3.63) is 59.7 Å². The largest absolute Gasteiger partial charge is 0.379 e. The van der Waals surface area contributed by atoms with Crippen LogP contribution in [0.4, 0.5) is 10.8 Å². The fourth-order valence-corrected chi connectivity index (χ4v) is 6.15. The number of ether oxygens (including phenoxy) is 1. The van der Waals surface area contributed by atoms with Crippen molar-refractivity contribution in [1.82, 2.24) is 14.5 Å². The van der Waals surface area contributed by atoms with Crippen molar-refractivity contribution in [1.29, 1.82) is 0 Å². The Morgan fingerprint density at radius 2 is 1.90 bits per heavy atom. The van der Waals surface area contributed by atoms with Gasteiger partial charge in [-0.1, -0.05) is 52.9 Å². The van der Waals surface area contributed by atoms with Crippen LogP contribution in [-0.4, -0.2) is 49.2 Å². The van der Waals surface area contributed by atoms with Gasteiger partial charge in [-0.15, -0.1) is 10.2 Å². The molecule has 0 bridgehead atoms. The molecule has 158 valence electrons. The molecule has 1 aromatic heterocycles. The number of nitrogens with one attached hydrogen (secondary N) is 1. The minimum atomic E-state index is -3.49. The highest BCUT2D eigenvalue weighted by molar-refractivity contribution is 8.00. The topological polar surface area (TPSA) is 84.4 Å². The molecular formula is C20H22N4O3S3. The first-order valence-electron chi connectivity index (χ1n) is 9.47. The van der Waals surface area contributed by atoms with Gasteiger partial charge in [0, 0.05) is 24.5 Å². The number of morpholine rings is 1. The van der Waals surface area contributed by atoms with Gasteiger partial charge in [0.25, 0.3) is 0 Å². The van der Waals surface area contributed by atoms with Gasteiger partial charge in [-0.25, -0.2) is 8.42 Å². The lowest BCUT2D eigenvalue weighted by molar-refractivity contribution is 0.0730. The second kappa shape index (κ2) is 9.44. The van der Waals surface area contributed by atoms with Crippen molar-refractivity contribution in [2.75, 3.05) is 31.6 Å². The maximum Gasteiger partial charge on any atom is 0.243 e. The van der Waals surface area contributed by atoms with Crippen LogP contribution < -0.4 is 5.32 Å². The number of aryl methyl sites for hydroxylation is 1. The van der Waals surface area contributed by atoms with Gasteiger partial charge in [0.2, 0.25) is 15.2 Å². The van der Waals surface area contributed by atoms with Gasteiger partial charge < -0.3 is 10.1 Å². The first-order chi connectivity index (χ1) is 14.5. The number of thioether (sulfide) groups is 1. The number of aromatic nitrogens is 2. The highest BCUT2D eigenvalue weighted by atomic mass is 32.2. The van der Waals surface area contributed by atoms with Crippen molar-refractivity contribution in [2.24, 2.45) is 0 Å². The molecule has 1 saturated heterocycles.